The molecule has 1 aliphatic carbocycles. The first-order valence-electron chi connectivity index (χ1n) is 6.97. The topological polar surface area (TPSA) is 15.3 Å². The van der Waals surface area contributed by atoms with Crippen LogP contribution in [0.2, 0.25) is 0 Å². The van der Waals surface area contributed by atoms with E-state index in [1.807, 2.05) is 0 Å². The minimum atomic E-state index is 0.352. The Hall–Kier alpha value is -0.0800. The summed E-state index contributed by atoms with van der Waals surface area (Å²) in [6, 6.07) is 0. The Kier molecular flexibility index (Phi) is 3.33. The lowest BCUT2D eigenvalue weighted by Crippen LogP contribution is -2.59. The molecule has 0 amide bonds. The predicted molar refractivity (Wildman–Crippen MR) is 69.6 cm³/mol. The summed E-state index contributed by atoms with van der Waals surface area (Å²) in [4.78, 5) is 2.70. The van der Waals surface area contributed by atoms with Crippen molar-refractivity contribution in [1.29, 1.82) is 0 Å². The van der Waals surface area contributed by atoms with Gasteiger partial charge in [0.15, 0.2) is 0 Å². The fourth-order valence-corrected chi connectivity index (χ4v) is 3.04. The maximum Gasteiger partial charge on any atom is 0.0278 e. The Morgan fingerprint density at radius 1 is 1.31 bits per heavy atom. The smallest absolute Gasteiger partial charge is 0.0278 e. The molecule has 1 unspecified atom stereocenters. The monoisotopic (exact) mass is 224 g/mol. The first kappa shape index (κ1) is 12.4. The van der Waals surface area contributed by atoms with Crippen LogP contribution in [0.4, 0.5) is 0 Å². The average Bonchev–Trinajstić information content (AvgIpc) is 2.99. The summed E-state index contributed by atoms with van der Waals surface area (Å²) in [6.07, 6.45) is 4.15. The van der Waals surface area contributed by atoms with Crippen molar-refractivity contribution in [3.63, 3.8) is 0 Å². The summed E-state index contributed by atoms with van der Waals surface area (Å²) in [5.74, 6) is 0.857. The van der Waals surface area contributed by atoms with E-state index in [2.05, 4.69) is 37.9 Å². The van der Waals surface area contributed by atoms with Crippen LogP contribution in [0.3, 0.4) is 0 Å². The molecule has 2 fully saturated rings. The third kappa shape index (κ3) is 2.43. The van der Waals surface area contributed by atoms with Crippen molar-refractivity contribution in [3.05, 3.63) is 0 Å². The normalized spacial score (nSPS) is 34.3. The van der Waals surface area contributed by atoms with Crippen molar-refractivity contribution in [3.8, 4) is 0 Å². The van der Waals surface area contributed by atoms with E-state index < -0.39 is 0 Å². The van der Waals surface area contributed by atoms with Crippen LogP contribution >= 0.6 is 0 Å². The van der Waals surface area contributed by atoms with E-state index in [1.54, 1.807) is 0 Å². The van der Waals surface area contributed by atoms with Gasteiger partial charge >= 0.3 is 0 Å². The maximum atomic E-state index is 3.67. The van der Waals surface area contributed by atoms with Crippen molar-refractivity contribution in [2.24, 2.45) is 11.3 Å². The zero-order chi connectivity index (χ0) is 11.8. The van der Waals surface area contributed by atoms with E-state index in [1.165, 1.54) is 45.4 Å². The first-order chi connectivity index (χ1) is 7.50. The van der Waals surface area contributed by atoms with Crippen LogP contribution in [0.15, 0.2) is 0 Å². The van der Waals surface area contributed by atoms with Gasteiger partial charge in [-0.05, 0) is 37.5 Å². The molecule has 2 aliphatic rings. The van der Waals surface area contributed by atoms with Crippen LogP contribution in [-0.4, -0.2) is 36.6 Å². The van der Waals surface area contributed by atoms with Crippen molar-refractivity contribution < 1.29 is 0 Å². The van der Waals surface area contributed by atoms with Crippen molar-refractivity contribution in [1.82, 2.24) is 10.2 Å². The van der Waals surface area contributed by atoms with E-state index in [4.69, 9.17) is 0 Å². The van der Waals surface area contributed by atoms with Crippen LogP contribution in [0.5, 0.6) is 0 Å². The van der Waals surface area contributed by atoms with E-state index >= 15 is 0 Å². The molecule has 0 spiro atoms. The third-order valence-corrected chi connectivity index (χ3v) is 4.99. The van der Waals surface area contributed by atoms with Gasteiger partial charge in [-0.2, -0.15) is 0 Å². The van der Waals surface area contributed by atoms with Crippen molar-refractivity contribution in [2.45, 2.75) is 52.5 Å². The molecule has 0 bridgehead atoms. The number of rotatable bonds is 4. The summed E-state index contributed by atoms with van der Waals surface area (Å²) in [6.45, 7) is 14.4. The Morgan fingerprint density at radius 3 is 2.50 bits per heavy atom. The summed E-state index contributed by atoms with van der Waals surface area (Å²) in [7, 11) is 0. The Labute approximate surface area is 101 Å². The Morgan fingerprint density at radius 2 is 2.00 bits per heavy atom. The highest BCUT2D eigenvalue weighted by atomic mass is 15.2. The zero-order valence-corrected chi connectivity index (χ0v) is 11.5. The summed E-state index contributed by atoms with van der Waals surface area (Å²) >= 11 is 0. The molecular formula is C14H28N2. The second-order valence-corrected chi connectivity index (χ2v) is 6.57. The van der Waals surface area contributed by atoms with Crippen molar-refractivity contribution in [2.75, 3.05) is 26.2 Å². The molecule has 1 saturated carbocycles. The van der Waals surface area contributed by atoms with Crippen LogP contribution in [0.25, 0.3) is 0 Å². The predicted octanol–water partition coefficient (Wildman–Crippen LogP) is 2.50. The molecule has 2 heteroatoms. The lowest BCUT2D eigenvalue weighted by molar-refractivity contribution is 0.104. The van der Waals surface area contributed by atoms with Crippen LogP contribution in [0.1, 0.15) is 47.0 Å². The molecule has 94 valence electrons. The molecule has 1 atom stereocenters. The molecule has 0 aromatic carbocycles. The van der Waals surface area contributed by atoms with Gasteiger partial charge in [0, 0.05) is 31.7 Å². The maximum absolute atomic E-state index is 3.67. The quantitative estimate of drug-likeness (QED) is 0.789. The van der Waals surface area contributed by atoms with Crippen LogP contribution in [0, 0.1) is 11.3 Å². The summed E-state index contributed by atoms with van der Waals surface area (Å²) in [5, 5.41) is 3.67. The molecule has 2 nitrogen and oxygen atoms in total. The SMILES string of the molecule is CCC1(C)CN(CC2(C(C)C)CC2)CCN1. The molecule has 0 aromatic rings. The highest BCUT2D eigenvalue weighted by Crippen LogP contribution is 2.52. The highest BCUT2D eigenvalue weighted by molar-refractivity contribution is 5.00. The molecule has 2 rings (SSSR count). The fourth-order valence-electron chi connectivity index (χ4n) is 3.04. The lowest BCUT2D eigenvalue weighted by atomic mass is 9.89. The highest BCUT2D eigenvalue weighted by Gasteiger charge is 2.47. The largest absolute Gasteiger partial charge is 0.309 e. The van der Waals surface area contributed by atoms with Crippen LogP contribution < -0.4 is 5.32 Å². The number of nitrogens with zero attached hydrogens (tertiary/aromatic N) is 1. The van der Waals surface area contributed by atoms with Gasteiger partial charge in [-0.25, -0.2) is 0 Å². The third-order valence-electron chi connectivity index (χ3n) is 4.99. The van der Waals surface area contributed by atoms with Gasteiger partial charge in [0.1, 0.15) is 0 Å². The van der Waals surface area contributed by atoms with Gasteiger partial charge < -0.3 is 5.32 Å². The van der Waals surface area contributed by atoms with E-state index in [-0.39, 0.29) is 0 Å². The number of hydrogen-bond acceptors (Lipinski definition) is 2. The van der Waals surface area contributed by atoms with E-state index in [9.17, 15) is 0 Å². The molecule has 1 heterocycles. The van der Waals surface area contributed by atoms with Crippen LogP contribution in [-0.2, 0) is 0 Å². The van der Waals surface area contributed by atoms with E-state index in [0.29, 0.717) is 11.0 Å². The van der Waals surface area contributed by atoms with Gasteiger partial charge in [0.25, 0.3) is 0 Å². The Balaban J connectivity index is 1.91. The molecule has 0 radical (unpaired) electrons. The van der Waals surface area contributed by atoms with Gasteiger partial charge in [0.05, 0.1) is 0 Å². The van der Waals surface area contributed by atoms with Crippen molar-refractivity contribution >= 4 is 0 Å². The summed E-state index contributed by atoms with van der Waals surface area (Å²) < 4.78 is 0. The molecule has 0 aromatic heterocycles. The van der Waals surface area contributed by atoms with Gasteiger partial charge in [-0.15, -0.1) is 0 Å². The lowest BCUT2D eigenvalue weighted by Gasteiger charge is -2.43. The summed E-state index contributed by atoms with van der Waals surface area (Å²) in [5.41, 5.74) is 1.03. The molecule has 1 saturated heterocycles. The fraction of sp³-hybridized carbons (Fsp3) is 1.00. The number of hydrogen-bond donors (Lipinski definition) is 1. The minimum Gasteiger partial charge on any atom is -0.309 e. The zero-order valence-electron chi connectivity index (χ0n) is 11.5. The number of nitrogens with one attached hydrogen (secondary N) is 1. The second kappa shape index (κ2) is 4.30. The molecular weight excluding hydrogens is 196 g/mol. The standard InChI is InChI=1S/C14H28N2/c1-5-13(4)10-16(9-8-15-13)11-14(6-7-14)12(2)3/h12,15H,5-11H2,1-4H3. The minimum absolute atomic E-state index is 0.352. The molecule has 1 N–H and O–H groups in total. The molecule has 1 aliphatic heterocycles. The van der Waals surface area contributed by atoms with Gasteiger partial charge in [-0.3, -0.25) is 4.90 Å². The first-order valence-corrected chi connectivity index (χ1v) is 6.97. The van der Waals surface area contributed by atoms with E-state index in [0.717, 1.165) is 5.92 Å². The van der Waals surface area contributed by atoms with Gasteiger partial charge in [-0.1, -0.05) is 20.8 Å². The second-order valence-electron chi connectivity index (χ2n) is 6.57. The van der Waals surface area contributed by atoms with Gasteiger partial charge in [0.2, 0.25) is 0 Å². The Bertz CT molecular complexity index is 245. The number of piperazine rings is 1. The average molecular weight is 224 g/mol. The molecule has 16 heavy (non-hydrogen) atoms.